The van der Waals surface area contributed by atoms with Crippen LogP contribution < -0.4 is 0 Å². The van der Waals surface area contributed by atoms with Gasteiger partial charge >= 0.3 is 5.97 Å². The second-order valence-corrected chi connectivity index (χ2v) is 7.20. The first-order valence-electron chi connectivity index (χ1n) is 6.48. The van der Waals surface area contributed by atoms with Crippen LogP contribution in [0.4, 0.5) is 0 Å². The van der Waals surface area contributed by atoms with E-state index in [1.807, 2.05) is 13.8 Å². The van der Waals surface area contributed by atoms with Crippen molar-refractivity contribution in [1.82, 2.24) is 4.31 Å². The van der Waals surface area contributed by atoms with Crippen LogP contribution in [-0.4, -0.2) is 36.9 Å². The lowest BCUT2D eigenvalue weighted by Gasteiger charge is -2.22. The van der Waals surface area contributed by atoms with E-state index in [1.54, 1.807) is 0 Å². The van der Waals surface area contributed by atoms with E-state index in [0.29, 0.717) is 25.9 Å². The molecule has 8 heteroatoms. The van der Waals surface area contributed by atoms with E-state index in [1.165, 1.54) is 10.4 Å². The Kier molecular flexibility index (Phi) is 6.46. The monoisotopic (exact) mass is 353 g/mol. The molecule has 0 fully saturated rings. The van der Waals surface area contributed by atoms with E-state index < -0.39 is 16.0 Å². The van der Waals surface area contributed by atoms with Gasteiger partial charge in [-0.3, -0.25) is 0 Å². The van der Waals surface area contributed by atoms with Crippen LogP contribution in [0.5, 0.6) is 0 Å². The number of carboxylic acids is 1. The molecule has 5 nitrogen and oxygen atoms in total. The smallest absolute Gasteiger partial charge is 0.337 e. The van der Waals surface area contributed by atoms with Crippen molar-refractivity contribution in [3.63, 3.8) is 0 Å². The van der Waals surface area contributed by atoms with E-state index in [2.05, 4.69) is 0 Å². The third kappa shape index (κ3) is 4.10. The van der Waals surface area contributed by atoms with Gasteiger partial charge in [0.05, 0.1) is 10.6 Å². The van der Waals surface area contributed by atoms with Gasteiger partial charge in [-0.25, -0.2) is 13.2 Å². The number of sulfonamides is 1. The van der Waals surface area contributed by atoms with Crippen LogP contribution >= 0.6 is 23.2 Å². The minimum atomic E-state index is -3.88. The Hall–Kier alpha value is -0.820. The Morgan fingerprint density at radius 3 is 2.14 bits per heavy atom. The molecule has 1 rings (SSSR count). The van der Waals surface area contributed by atoms with Gasteiger partial charge in [-0.2, -0.15) is 4.31 Å². The van der Waals surface area contributed by atoms with Crippen molar-refractivity contribution in [3.8, 4) is 0 Å². The molecule has 0 aliphatic carbocycles. The summed E-state index contributed by atoms with van der Waals surface area (Å²) >= 11 is 11.8. The minimum Gasteiger partial charge on any atom is -0.478 e. The molecule has 1 N–H and O–H groups in total. The summed E-state index contributed by atoms with van der Waals surface area (Å²) in [7, 11) is -3.88. The molecule has 0 bridgehead atoms. The van der Waals surface area contributed by atoms with Gasteiger partial charge in [0, 0.05) is 18.1 Å². The molecule has 0 spiro atoms. The topological polar surface area (TPSA) is 74.7 Å². The van der Waals surface area contributed by atoms with Gasteiger partial charge in [0.15, 0.2) is 0 Å². The summed E-state index contributed by atoms with van der Waals surface area (Å²) in [6.07, 6.45) is 1.28. The molecule has 0 atom stereocenters. The number of carboxylic acid groups (broad SMARTS) is 1. The van der Waals surface area contributed by atoms with Crippen LogP contribution in [0.25, 0.3) is 0 Å². The van der Waals surface area contributed by atoms with E-state index >= 15 is 0 Å². The Morgan fingerprint density at radius 1 is 1.19 bits per heavy atom. The van der Waals surface area contributed by atoms with Crippen molar-refractivity contribution in [2.45, 2.75) is 31.6 Å². The van der Waals surface area contributed by atoms with Crippen LogP contribution in [-0.2, 0) is 10.0 Å². The predicted molar refractivity (Wildman–Crippen MR) is 82.8 cm³/mol. The Bertz CT molecular complexity index is 625. The number of hydrogen-bond donors (Lipinski definition) is 1. The maximum absolute atomic E-state index is 12.7. The molecule has 1 aromatic rings. The van der Waals surface area contributed by atoms with Crippen molar-refractivity contribution >= 4 is 39.2 Å². The highest BCUT2D eigenvalue weighted by Gasteiger charge is 2.28. The van der Waals surface area contributed by atoms with Crippen LogP contribution in [0, 0.1) is 0 Å². The summed E-state index contributed by atoms with van der Waals surface area (Å²) in [5.41, 5.74) is -0.323. The summed E-state index contributed by atoms with van der Waals surface area (Å²) in [6.45, 7) is 4.39. The lowest BCUT2D eigenvalue weighted by Crippen LogP contribution is -2.33. The number of benzene rings is 1. The largest absolute Gasteiger partial charge is 0.478 e. The number of halogens is 2. The second-order valence-electron chi connectivity index (χ2n) is 4.47. The van der Waals surface area contributed by atoms with Gasteiger partial charge in [0.2, 0.25) is 10.0 Å². The first-order chi connectivity index (χ1) is 9.75. The number of aromatic carboxylic acids is 1. The SMILES string of the molecule is CCCN(CCC)S(=O)(=O)c1cc(Cl)cc(C(=O)O)c1Cl. The zero-order chi connectivity index (χ0) is 16.2. The molecule has 0 saturated carbocycles. The van der Waals surface area contributed by atoms with Gasteiger partial charge in [0.1, 0.15) is 4.90 Å². The van der Waals surface area contributed by atoms with E-state index in [0.717, 1.165) is 6.07 Å². The zero-order valence-electron chi connectivity index (χ0n) is 11.8. The molecule has 0 aliphatic rings. The normalized spacial score (nSPS) is 11.9. The van der Waals surface area contributed by atoms with Gasteiger partial charge in [-0.05, 0) is 25.0 Å². The van der Waals surface area contributed by atoms with Crippen LogP contribution in [0.1, 0.15) is 37.0 Å². The fourth-order valence-corrected chi connectivity index (χ4v) is 4.40. The molecule has 0 heterocycles. The Labute approximate surface area is 134 Å². The van der Waals surface area contributed by atoms with Crippen LogP contribution in [0.2, 0.25) is 10.0 Å². The van der Waals surface area contributed by atoms with E-state index in [9.17, 15) is 13.2 Å². The molecule has 1 aromatic carbocycles. The zero-order valence-corrected chi connectivity index (χ0v) is 14.1. The highest BCUT2D eigenvalue weighted by atomic mass is 35.5. The van der Waals surface area contributed by atoms with E-state index in [-0.39, 0.29) is 20.5 Å². The first kappa shape index (κ1) is 18.2. The van der Waals surface area contributed by atoms with Crippen molar-refractivity contribution in [1.29, 1.82) is 0 Å². The Balaban J connectivity index is 3.46. The third-order valence-electron chi connectivity index (χ3n) is 2.80. The summed E-state index contributed by atoms with van der Waals surface area (Å²) in [6, 6.07) is 2.32. The van der Waals surface area contributed by atoms with Gasteiger partial charge in [0.25, 0.3) is 0 Å². The van der Waals surface area contributed by atoms with Crippen molar-refractivity contribution in [2.24, 2.45) is 0 Å². The Morgan fingerprint density at radius 2 is 1.71 bits per heavy atom. The molecule has 0 saturated heterocycles. The lowest BCUT2D eigenvalue weighted by molar-refractivity contribution is 0.0697. The molecule has 0 aliphatic heterocycles. The number of rotatable bonds is 7. The molecule has 0 aromatic heterocycles. The van der Waals surface area contributed by atoms with Crippen molar-refractivity contribution < 1.29 is 18.3 Å². The maximum Gasteiger partial charge on any atom is 0.337 e. The van der Waals surface area contributed by atoms with E-state index in [4.69, 9.17) is 28.3 Å². The molecule has 0 radical (unpaired) electrons. The standard InChI is InChI=1S/C13H17Cl2NO4S/c1-3-5-16(6-4-2)21(19,20)11-8-9(14)7-10(12(11)15)13(17)18/h7-8H,3-6H2,1-2H3,(H,17,18). The fraction of sp³-hybridized carbons (Fsp3) is 0.462. The summed E-state index contributed by atoms with van der Waals surface area (Å²) in [5.74, 6) is -1.32. The van der Waals surface area contributed by atoms with Gasteiger partial charge in [-0.1, -0.05) is 37.0 Å². The van der Waals surface area contributed by atoms with Gasteiger partial charge < -0.3 is 5.11 Å². The average Bonchev–Trinajstić information content (AvgIpc) is 2.40. The summed E-state index contributed by atoms with van der Waals surface area (Å²) in [4.78, 5) is 10.9. The quantitative estimate of drug-likeness (QED) is 0.813. The third-order valence-corrected chi connectivity index (χ3v) is 5.46. The van der Waals surface area contributed by atoms with Crippen molar-refractivity contribution in [2.75, 3.05) is 13.1 Å². The van der Waals surface area contributed by atoms with Gasteiger partial charge in [-0.15, -0.1) is 0 Å². The maximum atomic E-state index is 12.7. The molecule has 0 amide bonds. The molecular weight excluding hydrogens is 337 g/mol. The number of hydrogen-bond acceptors (Lipinski definition) is 3. The van der Waals surface area contributed by atoms with Crippen LogP contribution in [0.3, 0.4) is 0 Å². The highest BCUT2D eigenvalue weighted by Crippen LogP contribution is 2.31. The lowest BCUT2D eigenvalue weighted by atomic mass is 10.2. The summed E-state index contributed by atoms with van der Waals surface area (Å²) < 4.78 is 26.6. The van der Waals surface area contributed by atoms with Crippen molar-refractivity contribution in [3.05, 3.63) is 27.7 Å². The number of carbonyl (C=O) groups is 1. The van der Waals surface area contributed by atoms with Crippen LogP contribution in [0.15, 0.2) is 17.0 Å². The highest BCUT2D eigenvalue weighted by molar-refractivity contribution is 7.89. The average molecular weight is 354 g/mol. The molecule has 21 heavy (non-hydrogen) atoms. The minimum absolute atomic E-state index is 0.0170. The first-order valence-corrected chi connectivity index (χ1v) is 8.67. The molecule has 118 valence electrons. The predicted octanol–water partition coefficient (Wildman–Crippen LogP) is 3.50. The number of nitrogens with zero attached hydrogens (tertiary/aromatic N) is 1. The fourth-order valence-electron chi connectivity index (χ4n) is 1.90. The summed E-state index contributed by atoms with van der Waals surface area (Å²) in [5, 5.41) is 8.78. The molecule has 0 unspecified atom stereocenters. The molecular formula is C13H17Cl2NO4S. The second kappa shape index (κ2) is 7.45.